The van der Waals surface area contributed by atoms with Gasteiger partial charge in [0.25, 0.3) is 0 Å². The fourth-order valence-corrected chi connectivity index (χ4v) is 7.31. The lowest BCUT2D eigenvalue weighted by Crippen LogP contribution is -2.34. The van der Waals surface area contributed by atoms with Crippen LogP contribution in [0, 0.1) is 0 Å². The van der Waals surface area contributed by atoms with Crippen LogP contribution in [0.15, 0.2) is 122 Å². The zero-order chi connectivity index (χ0) is 37.0. The number of nitrogens with zero attached hydrogens (tertiary/aromatic N) is 4. The molecule has 4 heterocycles. The van der Waals surface area contributed by atoms with Gasteiger partial charge in [0.1, 0.15) is 24.6 Å². The average Bonchev–Trinajstić information content (AvgIpc) is 3.20. The molecule has 10 heteroatoms. The molecule has 8 nitrogen and oxygen atoms in total. The van der Waals surface area contributed by atoms with E-state index in [1.165, 1.54) is 11.1 Å². The maximum absolute atomic E-state index is 6.31. The first-order chi connectivity index (χ1) is 26.4. The molecular weight excluding hydrogens is 715 g/mol. The van der Waals surface area contributed by atoms with Crippen molar-refractivity contribution in [2.24, 2.45) is 0 Å². The standard InChI is InChI=1S/C44H40Cl2N6O2/c1-53-33-7-11-39-37(27-33)43(35-9-5-31(45)25-41(35)49-39)47-17-3-19-51-21-13-29(14-22-51)30-15-23-52(24-16-30)20-4-18-48-44-36-10-6-32(46)26-42(36)50-40-12-8-34(54-2)28-38(40)44/h5-16,21-28H,3-4,17-20H2,1-2H3,(H,47,49)(H,48,50)/q+2. The zero-order valence-corrected chi connectivity index (χ0v) is 31.7. The minimum absolute atomic E-state index is 0.672. The Balaban J connectivity index is 0.867. The number of hydrogen-bond acceptors (Lipinski definition) is 6. The molecule has 0 unspecified atom stereocenters. The van der Waals surface area contributed by atoms with Crippen LogP contribution < -0.4 is 29.2 Å². The van der Waals surface area contributed by atoms with Gasteiger partial charge >= 0.3 is 0 Å². The highest BCUT2D eigenvalue weighted by atomic mass is 35.5. The van der Waals surface area contributed by atoms with E-state index in [9.17, 15) is 0 Å². The van der Waals surface area contributed by atoms with Crippen molar-refractivity contribution in [1.82, 2.24) is 9.97 Å². The van der Waals surface area contributed by atoms with Crippen LogP contribution in [0.4, 0.5) is 11.4 Å². The maximum atomic E-state index is 6.31. The summed E-state index contributed by atoms with van der Waals surface area (Å²) in [5.41, 5.74) is 8.01. The van der Waals surface area contributed by atoms with E-state index in [1.807, 2.05) is 72.8 Å². The molecule has 0 aliphatic carbocycles. The smallest absolute Gasteiger partial charge is 0.169 e. The van der Waals surface area contributed by atoms with Crippen molar-refractivity contribution in [3.8, 4) is 22.6 Å². The van der Waals surface area contributed by atoms with E-state index in [-0.39, 0.29) is 0 Å². The van der Waals surface area contributed by atoms with Gasteiger partial charge in [0.05, 0.1) is 47.7 Å². The SMILES string of the molecule is COc1ccc2nc3cc(Cl)ccc3c(NCCC[n+]3ccc(-c4cc[n+](CCCNc5c6ccc(Cl)cc6nc6ccc(OC)cc56)cc4)cc3)c2c1. The van der Waals surface area contributed by atoms with Gasteiger partial charge in [0.2, 0.25) is 0 Å². The molecule has 0 bridgehead atoms. The number of halogens is 2. The van der Waals surface area contributed by atoms with Crippen molar-refractivity contribution in [1.29, 1.82) is 0 Å². The van der Waals surface area contributed by atoms with E-state index in [1.54, 1.807) is 14.2 Å². The van der Waals surface area contributed by atoms with Gasteiger partial charge in [0, 0.05) is 81.8 Å². The minimum atomic E-state index is 0.672. The third-order valence-corrected chi connectivity index (χ3v) is 10.3. The lowest BCUT2D eigenvalue weighted by molar-refractivity contribution is -0.697. The Morgan fingerprint density at radius 1 is 0.500 bits per heavy atom. The van der Waals surface area contributed by atoms with Crippen LogP contribution in [0.5, 0.6) is 11.5 Å². The normalized spacial score (nSPS) is 11.4. The second-order valence-electron chi connectivity index (χ2n) is 13.3. The summed E-state index contributed by atoms with van der Waals surface area (Å²) < 4.78 is 15.5. The number of rotatable bonds is 13. The molecule has 8 rings (SSSR count). The van der Waals surface area contributed by atoms with Gasteiger partial charge in [-0.05, 0) is 83.9 Å². The van der Waals surface area contributed by atoms with Crippen LogP contribution in [0.2, 0.25) is 10.0 Å². The van der Waals surface area contributed by atoms with E-state index in [4.69, 9.17) is 42.6 Å². The largest absolute Gasteiger partial charge is 0.497 e. The van der Waals surface area contributed by atoms with Crippen LogP contribution in [0.1, 0.15) is 12.8 Å². The number of pyridine rings is 4. The predicted molar refractivity (Wildman–Crippen MR) is 220 cm³/mol. The first-order valence-corrected chi connectivity index (χ1v) is 18.8. The van der Waals surface area contributed by atoms with E-state index < -0.39 is 0 Å². The molecule has 2 N–H and O–H groups in total. The summed E-state index contributed by atoms with van der Waals surface area (Å²) in [5, 5.41) is 12.9. The molecule has 0 saturated heterocycles. The Morgan fingerprint density at radius 3 is 1.33 bits per heavy atom. The summed E-state index contributed by atoms with van der Waals surface area (Å²) in [6.07, 6.45) is 10.5. The van der Waals surface area contributed by atoms with Crippen molar-refractivity contribution >= 4 is 78.2 Å². The summed E-state index contributed by atoms with van der Waals surface area (Å²) in [4.78, 5) is 9.68. The van der Waals surface area contributed by atoms with Gasteiger partial charge in [-0.3, -0.25) is 0 Å². The van der Waals surface area contributed by atoms with Crippen LogP contribution >= 0.6 is 23.2 Å². The summed E-state index contributed by atoms with van der Waals surface area (Å²) in [7, 11) is 3.37. The molecule has 0 spiro atoms. The molecular formula is C44H40Cl2N6O2+2. The van der Waals surface area contributed by atoms with Gasteiger partial charge in [-0.25, -0.2) is 19.1 Å². The molecule has 0 radical (unpaired) electrons. The highest BCUT2D eigenvalue weighted by Crippen LogP contribution is 2.35. The van der Waals surface area contributed by atoms with Gasteiger partial charge in [-0.2, -0.15) is 0 Å². The lowest BCUT2D eigenvalue weighted by atomic mass is 10.1. The van der Waals surface area contributed by atoms with Crippen molar-refractivity contribution in [2.45, 2.75) is 25.9 Å². The Labute approximate surface area is 323 Å². The van der Waals surface area contributed by atoms with E-state index in [2.05, 4.69) is 68.8 Å². The molecule has 0 aliphatic heterocycles. The van der Waals surface area contributed by atoms with Crippen molar-refractivity contribution in [3.63, 3.8) is 0 Å². The Kier molecular flexibility index (Phi) is 10.3. The van der Waals surface area contributed by atoms with Crippen molar-refractivity contribution < 1.29 is 18.6 Å². The van der Waals surface area contributed by atoms with E-state index >= 15 is 0 Å². The van der Waals surface area contributed by atoms with Gasteiger partial charge in [-0.1, -0.05) is 23.2 Å². The average molecular weight is 756 g/mol. The fourth-order valence-electron chi connectivity index (χ4n) is 6.98. The molecule has 8 aromatic rings. The Bertz CT molecular complexity index is 2430. The first-order valence-electron chi connectivity index (χ1n) is 18.1. The summed E-state index contributed by atoms with van der Waals surface area (Å²) >= 11 is 12.6. The number of benzene rings is 4. The third-order valence-electron chi connectivity index (χ3n) is 9.79. The summed E-state index contributed by atoms with van der Waals surface area (Å²) in [6.45, 7) is 3.38. The van der Waals surface area contributed by atoms with E-state index in [0.717, 1.165) is 106 Å². The van der Waals surface area contributed by atoms with Gasteiger partial charge in [0.15, 0.2) is 24.8 Å². The predicted octanol–water partition coefficient (Wildman–Crippen LogP) is 9.66. The number of hydrogen-bond donors (Lipinski definition) is 2. The quantitative estimate of drug-likeness (QED) is 0.0694. The lowest BCUT2D eigenvalue weighted by Gasteiger charge is -2.14. The molecule has 0 saturated carbocycles. The molecule has 0 amide bonds. The monoisotopic (exact) mass is 754 g/mol. The second-order valence-corrected chi connectivity index (χ2v) is 14.1. The van der Waals surface area contributed by atoms with Gasteiger partial charge in [-0.15, -0.1) is 0 Å². The number of aromatic nitrogens is 4. The number of ether oxygens (including phenoxy) is 2. The van der Waals surface area contributed by atoms with Crippen molar-refractivity contribution in [3.05, 3.63) is 132 Å². The van der Waals surface area contributed by atoms with Crippen molar-refractivity contribution in [2.75, 3.05) is 37.9 Å². The second kappa shape index (κ2) is 15.7. The summed E-state index contributed by atoms with van der Waals surface area (Å²) in [5.74, 6) is 1.60. The highest BCUT2D eigenvalue weighted by molar-refractivity contribution is 6.32. The zero-order valence-electron chi connectivity index (χ0n) is 30.2. The molecule has 0 aliphatic rings. The summed E-state index contributed by atoms with van der Waals surface area (Å²) in [6, 6.07) is 32.4. The number of anilines is 2. The Morgan fingerprint density at radius 2 is 0.926 bits per heavy atom. The van der Waals surface area contributed by atoms with E-state index in [0.29, 0.717) is 10.0 Å². The number of aryl methyl sites for hydroxylation is 2. The van der Waals surface area contributed by atoms with Gasteiger partial charge < -0.3 is 20.1 Å². The highest BCUT2D eigenvalue weighted by Gasteiger charge is 2.14. The van der Waals surface area contributed by atoms with Crippen LogP contribution in [-0.4, -0.2) is 37.3 Å². The minimum Gasteiger partial charge on any atom is -0.497 e. The maximum Gasteiger partial charge on any atom is 0.169 e. The molecule has 4 aromatic heterocycles. The Hall–Kier alpha value is -5.70. The number of nitrogens with one attached hydrogen (secondary N) is 2. The molecule has 270 valence electrons. The van der Waals surface area contributed by atoms with Crippen LogP contribution in [0.3, 0.4) is 0 Å². The molecule has 54 heavy (non-hydrogen) atoms. The number of methoxy groups -OCH3 is 2. The fraction of sp³-hybridized carbons (Fsp3) is 0.182. The molecule has 0 atom stereocenters. The molecule has 0 fully saturated rings. The first kappa shape index (κ1) is 35.3. The third kappa shape index (κ3) is 7.53. The number of fused-ring (bicyclic) bond motifs is 4. The van der Waals surface area contributed by atoms with Crippen LogP contribution in [0.25, 0.3) is 54.7 Å². The topological polar surface area (TPSA) is 76.1 Å². The van der Waals surface area contributed by atoms with Crippen LogP contribution in [-0.2, 0) is 13.1 Å². The molecule has 4 aromatic carbocycles.